The zero-order valence-corrected chi connectivity index (χ0v) is 30.7. The zero-order chi connectivity index (χ0) is 37.4. The lowest BCUT2D eigenvalue weighted by atomic mass is 9.90. The molecule has 262 valence electrons. The molecule has 0 N–H and O–H groups in total. The Labute approximate surface area is 326 Å². The number of rotatable bonds is 7. The SMILES string of the molecule is C=C/C=C\c1ccccc1/N=C(/c1ccccc1)c1cc(-c2cccc(-c3nc4c5ccccc5ccc4c4c3ccc3ccccc34)c2)c2ccccc2c1. The number of pyridine rings is 1. The summed E-state index contributed by atoms with van der Waals surface area (Å²) in [7, 11) is 0. The molecule has 0 aliphatic rings. The molecule has 9 aromatic carbocycles. The fourth-order valence-corrected chi connectivity index (χ4v) is 8.16. The molecular formula is C54H36N2. The Balaban J connectivity index is 1.21. The third kappa shape index (κ3) is 5.85. The van der Waals surface area contributed by atoms with Crippen molar-refractivity contribution < 1.29 is 0 Å². The number of allylic oxidation sites excluding steroid dienone is 2. The molecule has 0 spiro atoms. The van der Waals surface area contributed by atoms with Crippen molar-refractivity contribution in [2.24, 2.45) is 4.99 Å². The standard InChI is InChI=1S/C54H36N2/c1-2-3-16-38-19-10-14-28-50(38)55-52(39-20-5-4-6-21-39)43-34-40-22-9-11-25-44(40)49(35-43)41-23-15-24-42(33-41)53-47-31-29-36-17-7-12-26-45(36)51(47)48-32-30-37-18-8-13-27-46(37)54(48)56-53/h2-35H,1H2/b16-3-,55-52-. The van der Waals surface area contributed by atoms with Crippen LogP contribution in [0.1, 0.15) is 16.7 Å². The van der Waals surface area contributed by atoms with E-state index < -0.39 is 0 Å². The second kappa shape index (κ2) is 14.1. The van der Waals surface area contributed by atoms with Gasteiger partial charge in [0.05, 0.1) is 22.6 Å². The van der Waals surface area contributed by atoms with Crippen molar-refractivity contribution in [1.29, 1.82) is 0 Å². The smallest absolute Gasteiger partial charge is 0.0794 e. The highest BCUT2D eigenvalue weighted by Gasteiger charge is 2.18. The van der Waals surface area contributed by atoms with Crippen molar-refractivity contribution in [3.05, 3.63) is 223 Å². The molecule has 0 atom stereocenters. The molecule has 10 rings (SSSR count). The maximum Gasteiger partial charge on any atom is 0.0794 e. The zero-order valence-electron chi connectivity index (χ0n) is 30.7. The molecule has 2 heteroatoms. The van der Waals surface area contributed by atoms with E-state index in [0.29, 0.717) is 0 Å². The summed E-state index contributed by atoms with van der Waals surface area (Å²) in [6.07, 6.45) is 5.81. The summed E-state index contributed by atoms with van der Waals surface area (Å²) < 4.78 is 0. The van der Waals surface area contributed by atoms with Gasteiger partial charge in [-0.05, 0) is 62.3 Å². The molecule has 0 fully saturated rings. The van der Waals surface area contributed by atoms with E-state index in [-0.39, 0.29) is 0 Å². The van der Waals surface area contributed by atoms with Gasteiger partial charge in [0.15, 0.2) is 0 Å². The van der Waals surface area contributed by atoms with Gasteiger partial charge in [0.25, 0.3) is 0 Å². The minimum absolute atomic E-state index is 0.899. The van der Waals surface area contributed by atoms with Gasteiger partial charge < -0.3 is 0 Å². The number of aromatic nitrogens is 1. The molecule has 0 aliphatic carbocycles. The summed E-state index contributed by atoms with van der Waals surface area (Å²) in [6, 6.07) is 67.1. The van der Waals surface area contributed by atoms with E-state index in [0.717, 1.165) is 72.1 Å². The first-order valence-electron chi connectivity index (χ1n) is 19.0. The van der Waals surface area contributed by atoms with Crippen LogP contribution >= 0.6 is 0 Å². The molecule has 0 saturated carbocycles. The summed E-state index contributed by atoms with van der Waals surface area (Å²) >= 11 is 0. The fraction of sp³-hybridized carbons (Fsp3) is 0. The number of nitrogens with zero attached hydrogens (tertiary/aromatic N) is 2. The lowest BCUT2D eigenvalue weighted by Gasteiger charge is -2.16. The number of fused-ring (bicyclic) bond motifs is 8. The maximum absolute atomic E-state index is 5.54. The Morgan fingerprint density at radius 2 is 1.14 bits per heavy atom. The van der Waals surface area contributed by atoms with Crippen molar-refractivity contribution in [2.45, 2.75) is 0 Å². The molecule has 0 aliphatic heterocycles. The molecule has 0 unspecified atom stereocenters. The molecule has 1 aromatic heterocycles. The maximum atomic E-state index is 5.54. The molecule has 2 nitrogen and oxygen atoms in total. The van der Waals surface area contributed by atoms with E-state index >= 15 is 0 Å². The first-order valence-corrected chi connectivity index (χ1v) is 19.0. The Kier molecular flexibility index (Phi) is 8.35. The van der Waals surface area contributed by atoms with Gasteiger partial charge in [-0.25, -0.2) is 9.98 Å². The second-order valence-electron chi connectivity index (χ2n) is 14.2. The quantitative estimate of drug-likeness (QED) is 0.0917. The summed E-state index contributed by atoms with van der Waals surface area (Å²) in [6.45, 7) is 3.88. The van der Waals surface area contributed by atoms with E-state index in [2.05, 4.69) is 189 Å². The second-order valence-corrected chi connectivity index (χ2v) is 14.2. The summed E-state index contributed by atoms with van der Waals surface area (Å²) in [4.78, 5) is 10.9. The predicted octanol–water partition coefficient (Wildman–Crippen LogP) is 14.5. The Morgan fingerprint density at radius 3 is 1.96 bits per heavy atom. The highest BCUT2D eigenvalue weighted by atomic mass is 14.8. The van der Waals surface area contributed by atoms with E-state index in [1.807, 2.05) is 18.2 Å². The minimum Gasteiger partial charge on any atom is -0.247 e. The highest BCUT2D eigenvalue weighted by molar-refractivity contribution is 6.26. The van der Waals surface area contributed by atoms with E-state index in [9.17, 15) is 0 Å². The van der Waals surface area contributed by atoms with Crippen molar-refractivity contribution in [1.82, 2.24) is 4.98 Å². The van der Waals surface area contributed by atoms with E-state index in [1.165, 1.54) is 32.3 Å². The third-order valence-electron chi connectivity index (χ3n) is 10.8. The third-order valence-corrected chi connectivity index (χ3v) is 10.8. The number of aliphatic imine (C=N–C) groups is 1. The van der Waals surface area contributed by atoms with E-state index in [1.54, 1.807) is 6.08 Å². The van der Waals surface area contributed by atoms with Crippen LogP contribution in [-0.4, -0.2) is 10.7 Å². The van der Waals surface area contributed by atoms with Crippen molar-refractivity contribution in [3.8, 4) is 22.4 Å². The van der Waals surface area contributed by atoms with Gasteiger partial charge in [0, 0.05) is 43.8 Å². The van der Waals surface area contributed by atoms with Crippen LogP contribution < -0.4 is 0 Å². The average molecular weight is 713 g/mol. The molecule has 1 heterocycles. The van der Waals surface area contributed by atoms with Crippen LogP contribution in [-0.2, 0) is 0 Å². The van der Waals surface area contributed by atoms with Gasteiger partial charge >= 0.3 is 0 Å². The number of para-hydroxylation sites is 1. The van der Waals surface area contributed by atoms with Crippen molar-refractivity contribution in [3.63, 3.8) is 0 Å². The molecule has 0 saturated heterocycles. The largest absolute Gasteiger partial charge is 0.247 e. The van der Waals surface area contributed by atoms with Crippen LogP contribution in [0.15, 0.2) is 212 Å². The first kappa shape index (κ1) is 33.2. The van der Waals surface area contributed by atoms with Crippen molar-refractivity contribution >= 4 is 71.5 Å². The molecule has 0 amide bonds. The lowest BCUT2D eigenvalue weighted by Crippen LogP contribution is -2.04. The van der Waals surface area contributed by atoms with Gasteiger partial charge in [-0.2, -0.15) is 0 Å². The van der Waals surface area contributed by atoms with Gasteiger partial charge in [0.1, 0.15) is 0 Å². The Bertz CT molecular complexity index is 3210. The molecule has 0 radical (unpaired) electrons. The number of hydrogen-bond acceptors (Lipinski definition) is 2. The van der Waals surface area contributed by atoms with Crippen LogP contribution in [0, 0.1) is 0 Å². The lowest BCUT2D eigenvalue weighted by molar-refractivity contribution is 1.44. The fourth-order valence-electron chi connectivity index (χ4n) is 8.16. The van der Waals surface area contributed by atoms with Gasteiger partial charge in [0.2, 0.25) is 0 Å². The van der Waals surface area contributed by atoms with Gasteiger partial charge in [-0.3, -0.25) is 0 Å². The summed E-state index contributed by atoms with van der Waals surface area (Å²) in [5, 5.41) is 10.7. The molecule has 0 bridgehead atoms. The summed E-state index contributed by atoms with van der Waals surface area (Å²) in [5.74, 6) is 0. The van der Waals surface area contributed by atoms with Gasteiger partial charge in [-0.15, -0.1) is 0 Å². The minimum atomic E-state index is 0.899. The normalized spacial score (nSPS) is 12.0. The Morgan fingerprint density at radius 1 is 0.482 bits per heavy atom. The number of hydrogen-bond donors (Lipinski definition) is 0. The molecular weight excluding hydrogens is 677 g/mol. The topological polar surface area (TPSA) is 25.2 Å². The van der Waals surface area contributed by atoms with Crippen LogP contribution in [0.3, 0.4) is 0 Å². The molecule has 56 heavy (non-hydrogen) atoms. The highest BCUT2D eigenvalue weighted by Crippen LogP contribution is 2.41. The van der Waals surface area contributed by atoms with Crippen molar-refractivity contribution in [2.75, 3.05) is 0 Å². The van der Waals surface area contributed by atoms with Crippen LogP contribution in [0.5, 0.6) is 0 Å². The Hall–Kier alpha value is -7.42. The predicted molar refractivity (Wildman–Crippen MR) is 240 cm³/mol. The molecule has 10 aromatic rings. The van der Waals surface area contributed by atoms with E-state index in [4.69, 9.17) is 9.98 Å². The summed E-state index contributed by atoms with van der Waals surface area (Å²) in [5.41, 5.74) is 10.3. The van der Waals surface area contributed by atoms with Crippen LogP contribution in [0.25, 0.3) is 82.5 Å². The van der Waals surface area contributed by atoms with Crippen LogP contribution in [0.2, 0.25) is 0 Å². The average Bonchev–Trinajstić information content (AvgIpc) is 3.27. The number of benzene rings is 9. The first-order chi connectivity index (χ1) is 27.7. The van der Waals surface area contributed by atoms with Crippen LogP contribution in [0.4, 0.5) is 5.69 Å². The van der Waals surface area contributed by atoms with Gasteiger partial charge in [-0.1, -0.05) is 189 Å². The monoisotopic (exact) mass is 712 g/mol.